The van der Waals surface area contributed by atoms with Crippen LogP contribution in [0, 0.1) is 0 Å². The molecule has 4 aromatic rings. The first-order valence-electron chi connectivity index (χ1n) is 11.1. The number of carboxylic acid groups (broad SMARTS) is 1. The summed E-state index contributed by atoms with van der Waals surface area (Å²) < 4.78 is 16.6. The van der Waals surface area contributed by atoms with Crippen molar-refractivity contribution in [1.82, 2.24) is 5.32 Å². The highest BCUT2D eigenvalue weighted by atomic mass is 16.5. The predicted octanol–water partition coefficient (Wildman–Crippen LogP) is 3.67. The molecule has 1 unspecified atom stereocenters. The maximum atomic E-state index is 13.0. The number of fused-ring (bicyclic) bond motifs is 1. The van der Waals surface area contributed by atoms with Gasteiger partial charge in [0.1, 0.15) is 28.9 Å². The molecule has 186 valence electrons. The van der Waals surface area contributed by atoms with Gasteiger partial charge < -0.3 is 29.2 Å². The van der Waals surface area contributed by atoms with Gasteiger partial charge >= 0.3 is 5.97 Å². The van der Waals surface area contributed by atoms with Gasteiger partial charge in [0.15, 0.2) is 5.76 Å². The lowest BCUT2D eigenvalue weighted by Crippen LogP contribution is -2.38. The Kier molecular flexibility index (Phi) is 7.12. The number of benzene rings is 3. The van der Waals surface area contributed by atoms with Gasteiger partial charge in [-0.2, -0.15) is 0 Å². The Hall–Kier alpha value is -4.50. The predicted molar refractivity (Wildman–Crippen MR) is 133 cm³/mol. The average molecular weight is 491 g/mol. The fourth-order valence-corrected chi connectivity index (χ4v) is 3.96. The second-order valence-electron chi connectivity index (χ2n) is 8.08. The quantitative estimate of drug-likeness (QED) is 0.276. The number of ether oxygens (including phenoxy) is 2. The fraction of sp³-hybridized carbons (Fsp3) is 0.185. The van der Waals surface area contributed by atoms with Crippen LogP contribution in [0.4, 0.5) is 0 Å². The van der Waals surface area contributed by atoms with E-state index in [4.69, 9.17) is 13.9 Å². The Morgan fingerprint density at radius 1 is 1.03 bits per heavy atom. The maximum absolute atomic E-state index is 13.0. The number of carboxylic acids is 1. The largest absolute Gasteiger partial charge is 0.507 e. The van der Waals surface area contributed by atoms with Gasteiger partial charge in [-0.05, 0) is 36.2 Å². The van der Waals surface area contributed by atoms with E-state index in [0.717, 1.165) is 5.56 Å². The molecule has 4 N–H and O–H groups in total. The second-order valence-corrected chi connectivity index (χ2v) is 8.08. The highest BCUT2D eigenvalue weighted by Crippen LogP contribution is 2.39. The number of rotatable bonds is 9. The monoisotopic (exact) mass is 491 g/mol. The molecule has 0 aliphatic carbocycles. The van der Waals surface area contributed by atoms with Crippen LogP contribution in [0.25, 0.3) is 22.3 Å². The molecule has 1 atom stereocenters. The molecule has 1 heterocycles. The molecule has 4 rings (SSSR count). The van der Waals surface area contributed by atoms with Crippen LogP contribution in [-0.2, 0) is 17.8 Å². The van der Waals surface area contributed by atoms with Crippen LogP contribution in [0.2, 0.25) is 0 Å². The summed E-state index contributed by atoms with van der Waals surface area (Å²) in [6.07, 6.45) is 0.209. The molecule has 0 bridgehead atoms. The van der Waals surface area contributed by atoms with Crippen LogP contribution in [0.1, 0.15) is 11.1 Å². The minimum absolute atomic E-state index is 0.0158. The fourth-order valence-electron chi connectivity index (χ4n) is 3.96. The third-order valence-electron chi connectivity index (χ3n) is 5.87. The van der Waals surface area contributed by atoms with Crippen LogP contribution in [-0.4, -0.2) is 41.6 Å². The lowest BCUT2D eigenvalue weighted by atomic mass is 10.0. The first-order valence-corrected chi connectivity index (χ1v) is 11.1. The van der Waals surface area contributed by atoms with Gasteiger partial charge in [-0.1, -0.05) is 30.3 Å². The van der Waals surface area contributed by atoms with Gasteiger partial charge in [-0.15, -0.1) is 0 Å². The van der Waals surface area contributed by atoms with Crippen LogP contribution in [0.3, 0.4) is 0 Å². The Balaban J connectivity index is 1.78. The van der Waals surface area contributed by atoms with E-state index in [1.807, 2.05) is 30.3 Å². The summed E-state index contributed by atoms with van der Waals surface area (Å²) in [5, 5.41) is 33.9. The third kappa shape index (κ3) is 4.82. The molecule has 0 aliphatic heterocycles. The van der Waals surface area contributed by atoms with E-state index in [1.54, 1.807) is 18.2 Å². The lowest BCUT2D eigenvalue weighted by Gasteiger charge is -2.17. The van der Waals surface area contributed by atoms with E-state index in [0.29, 0.717) is 17.1 Å². The normalized spacial score (nSPS) is 11.8. The minimum Gasteiger partial charge on any atom is -0.507 e. The van der Waals surface area contributed by atoms with Gasteiger partial charge in [0, 0.05) is 12.6 Å². The zero-order chi connectivity index (χ0) is 25.8. The highest BCUT2D eigenvalue weighted by Gasteiger charge is 2.23. The molecule has 1 aromatic heterocycles. The van der Waals surface area contributed by atoms with Gasteiger partial charge in [-0.3, -0.25) is 14.9 Å². The summed E-state index contributed by atoms with van der Waals surface area (Å²) in [7, 11) is 2.92. The zero-order valence-electron chi connectivity index (χ0n) is 19.6. The highest BCUT2D eigenvalue weighted by molar-refractivity contribution is 5.87. The van der Waals surface area contributed by atoms with Gasteiger partial charge in [0.05, 0.1) is 30.7 Å². The lowest BCUT2D eigenvalue weighted by molar-refractivity contribution is -0.139. The molecule has 0 fully saturated rings. The second kappa shape index (κ2) is 10.4. The molecule has 0 spiro atoms. The standard InChI is InChI=1S/C27H25NO8/c1-34-16-8-9-17(22(13-16)35-2)26-24(31)23(30)18-10-11-21(29)19(25(18)36-26)14-28-20(27(32)33)12-15-6-4-3-5-7-15/h3-11,13,20,28-29,31H,12,14H2,1-2H3,(H,32,33). The van der Waals surface area contributed by atoms with Crippen molar-refractivity contribution in [3.8, 4) is 34.3 Å². The van der Waals surface area contributed by atoms with Crippen molar-refractivity contribution in [2.45, 2.75) is 19.0 Å². The Bertz CT molecular complexity index is 1460. The smallest absolute Gasteiger partial charge is 0.321 e. The van der Waals surface area contributed by atoms with Crippen LogP contribution < -0.4 is 20.2 Å². The summed E-state index contributed by atoms with van der Waals surface area (Å²) in [5.41, 5.74) is 0.610. The molecule has 0 aliphatic rings. The van der Waals surface area contributed by atoms with E-state index in [2.05, 4.69) is 5.32 Å². The molecule has 0 saturated carbocycles. The van der Waals surface area contributed by atoms with E-state index in [1.165, 1.54) is 26.4 Å². The molecule has 0 radical (unpaired) electrons. The zero-order valence-corrected chi connectivity index (χ0v) is 19.6. The number of aliphatic carboxylic acids is 1. The molecule has 9 nitrogen and oxygen atoms in total. The van der Waals surface area contributed by atoms with Crippen molar-refractivity contribution in [3.05, 3.63) is 82.0 Å². The number of hydrogen-bond acceptors (Lipinski definition) is 8. The summed E-state index contributed by atoms with van der Waals surface area (Å²) in [4.78, 5) is 24.9. The molecule has 0 amide bonds. The van der Waals surface area contributed by atoms with Crippen molar-refractivity contribution in [3.63, 3.8) is 0 Å². The topological polar surface area (TPSA) is 138 Å². The van der Waals surface area contributed by atoms with Crippen LogP contribution in [0.5, 0.6) is 23.0 Å². The first kappa shape index (κ1) is 24.6. The number of hydrogen-bond donors (Lipinski definition) is 4. The van der Waals surface area contributed by atoms with Gasteiger partial charge in [-0.25, -0.2) is 0 Å². The van der Waals surface area contributed by atoms with E-state index < -0.39 is 23.2 Å². The first-order chi connectivity index (χ1) is 17.3. The van der Waals surface area contributed by atoms with Crippen molar-refractivity contribution >= 4 is 16.9 Å². The Labute approximate surface area is 206 Å². The summed E-state index contributed by atoms with van der Waals surface area (Å²) >= 11 is 0. The minimum atomic E-state index is -1.07. The molecule has 0 saturated heterocycles. The van der Waals surface area contributed by atoms with Crippen molar-refractivity contribution in [1.29, 1.82) is 0 Å². The van der Waals surface area contributed by atoms with Crippen molar-refractivity contribution < 1.29 is 34.0 Å². The molecule has 36 heavy (non-hydrogen) atoms. The maximum Gasteiger partial charge on any atom is 0.321 e. The molecule has 3 aromatic carbocycles. The van der Waals surface area contributed by atoms with E-state index in [-0.39, 0.29) is 41.0 Å². The van der Waals surface area contributed by atoms with Crippen molar-refractivity contribution in [2.75, 3.05) is 14.2 Å². The molecule has 9 heteroatoms. The number of nitrogens with one attached hydrogen (secondary N) is 1. The number of carbonyl (C=O) groups is 1. The molecular weight excluding hydrogens is 466 g/mol. The van der Waals surface area contributed by atoms with E-state index in [9.17, 15) is 24.9 Å². The third-order valence-corrected chi connectivity index (χ3v) is 5.87. The summed E-state index contributed by atoms with van der Waals surface area (Å²) in [6.45, 7) is -0.111. The van der Waals surface area contributed by atoms with Crippen LogP contribution >= 0.6 is 0 Å². The summed E-state index contributed by atoms with van der Waals surface area (Å²) in [6, 6.07) is 15.6. The summed E-state index contributed by atoms with van der Waals surface area (Å²) in [5.74, 6) is -1.25. The molecular formula is C27H25NO8. The number of methoxy groups -OCH3 is 2. The Morgan fingerprint density at radius 3 is 2.44 bits per heavy atom. The van der Waals surface area contributed by atoms with Gasteiger partial charge in [0.25, 0.3) is 0 Å². The van der Waals surface area contributed by atoms with Gasteiger partial charge in [0.2, 0.25) is 11.2 Å². The van der Waals surface area contributed by atoms with Crippen LogP contribution in [0.15, 0.2) is 69.9 Å². The SMILES string of the molecule is COc1ccc(-c2oc3c(CNC(Cc4ccccc4)C(=O)O)c(O)ccc3c(=O)c2O)c(OC)c1. The number of phenols is 1. The average Bonchev–Trinajstić information content (AvgIpc) is 2.89. The van der Waals surface area contributed by atoms with E-state index >= 15 is 0 Å². The number of aromatic hydroxyl groups is 2. The number of phenolic OH excluding ortho intramolecular Hbond substituents is 1. The Morgan fingerprint density at radius 2 is 1.78 bits per heavy atom. The van der Waals surface area contributed by atoms with Crippen molar-refractivity contribution in [2.24, 2.45) is 0 Å².